The molecule has 0 atom stereocenters. The predicted molar refractivity (Wildman–Crippen MR) is 157 cm³/mol. The average Bonchev–Trinajstić information content (AvgIpc) is 2.91. The van der Waals surface area contributed by atoms with Gasteiger partial charge in [-0.1, -0.05) is 48.0 Å². The van der Waals surface area contributed by atoms with Crippen LogP contribution in [0.2, 0.25) is 0 Å². The van der Waals surface area contributed by atoms with Crippen molar-refractivity contribution in [1.82, 2.24) is 0 Å². The fourth-order valence-corrected chi connectivity index (χ4v) is 6.21. The molecule has 0 fully saturated rings. The number of amides is 1. The van der Waals surface area contributed by atoms with E-state index in [1.165, 1.54) is 31.2 Å². The molecule has 0 aliphatic rings. The third-order valence-electron chi connectivity index (χ3n) is 6.58. The summed E-state index contributed by atoms with van der Waals surface area (Å²) >= 11 is 0. The third kappa shape index (κ3) is 5.45. The molecule has 11 nitrogen and oxygen atoms in total. The van der Waals surface area contributed by atoms with Crippen LogP contribution in [0.15, 0.2) is 98.9 Å². The van der Waals surface area contributed by atoms with Crippen LogP contribution in [0.4, 0.5) is 17.1 Å². The number of azo groups is 1. The maximum absolute atomic E-state index is 12.9. The molecule has 214 valence electrons. The van der Waals surface area contributed by atoms with Gasteiger partial charge in [0.2, 0.25) is 0 Å². The first-order chi connectivity index (χ1) is 19.8. The van der Waals surface area contributed by atoms with Crippen LogP contribution in [0.5, 0.6) is 5.75 Å². The van der Waals surface area contributed by atoms with Crippen molar-refractivity contribution in [3.05, 3.63) is 95.6 Å². The van der Waals surface area contributed by atoms with Gasteiger partial charge < -0.3 is 10.4 Å². The van der Waals surface area contributed by atoms with Crippen LogP contribution < -0.4 is 5.32 Å². The third-order valence-corrected chi connectivity index (χ3v) is 8.44. The molecule has 13 heteroatoms. The summed E-state index contributed by atoms with van der Waals surface area (Å²) < 4.78 is 68.8. The van der Waals surface area contributed by atoms with Crippen LogP contribution in [0.1, 0.15) is 21.5 Å². The van der Waals surface area contributed by atoms with Crippen molar-refractivity contribution in [3.8, 4) is 5.75 Å². The number of phenolic OH excluding ortho intramolecular Hbond substituents is 1. The van der Waals surface area contributed by atoms with Gasteiger partial charge >= 0.3 is 0 Å². The predicted octanol–water partition coefficient (Wildman–Crippen LogP) is 6.48. The first-order valence-electron chi connectivity index (χ1n) is 12.3. The van der Waals surface area contributed by atoms with Gasteiger partial charge in [-0.25, -0.2) is 0 Å². The summed E-state index contributed by atoms with van der Waals surface area (Å²) in [7, 11) is -9.51. The number of fused-ring (bicyclic) bond motifs is 2. The average molecular weight is 606 g/mol. The standard InChI is InChI=1S/C29H23N3O8S2/c1-16-8-10-20-19(14-16)9-11-23(28(20)42(38,39)40)31-32-26-17(2)15-21-24(41(35,36)37)13-12-22(25(21)27(26)33)30-29(34)18-6-4-3-5-7-18/h3-15,33H,1-2H3,(H,30,34)(H,35,36,37)(H,38,39,40). The summed E-state index contributed by atoms with van der Waals surface area (Å²) in [5.41, 5.74) is 1.01. The van der Waals surface area contributed by atoms with Gasteiger partial charge in [0.25, 0.3) is 26.1 Å². The van der Waals surface area contributed by atoms with Gasteiger partial charge in [-0.15, -0.1) is 10.2 Å². The molecule has 5 aromatic rings. The zero-order chi connectivity index (χ0) is 30.4. The molecule has 0 aromatic heterocycles. The number of nitrogens with one attached hydrogen (secondary N) is 1. The van der Waals surface area contributed by atoms with Crippen LogP contribution in [0.3, 0.4) is 0 Å². The van der Waals surface area contributed by atoms with Crippen molar-refractivity contribution in [1.29, 1.82) is 0 Å². The number of carbonyl (C=O) groups is 1. The summed E-state index contributed by atoms with van der Waals surface area (Å²) in [6.45, 7) is 3.32. The van der Waals surface area contributed by atoms with E-state index in [1.807, 2.05) is 6.92 Å². The maximum Gasteiger partial charge on any atom is 0.297 e. The Morgan fingerprint density at radius 1 is 0.786 bits per heavy atom. The first kappa shape index (κ1) is 28.8. The number of anilines is 1. The van der Waals surface area contributed by atoms with Gasteiger partial charge in [0.05, 0.1) is 11.1 Å². The highest BCUT2D eigenvalue weighted by Crippen LogP contribution is 2.45. The molecule has 0 bridgehead atoms. The van der Waals surface area contributed by atoms with Crippen molar-refractivity contribution < 1.29 is 35.8 Å². The van der Waals surface area contributed by atoms with E-state index in [0.717, 1.165) is 11.6 Å². The van der Waals surface area contributed by atoms with E-state index in [1.54, 1.807) is 48.5 Å². The summed E-state index contributed by atoms with van der Waals surface area (Å²) in [5.74, 6) is -1.14. The second-order valence-electron chi connectivity index (χ2n) is 9.53. The lowest BCUT2D eigenvalue weighted by molar-refractivity contribution is 0.102. The number of benzene rings is 5. The van der Waals surface area contributed by atoms with Crippen LogP contribution in [-0.4, -0.2) is 37.0 Å². The molecule has 0 saturated heterocycles. The molecule has 0 unspecified atom stereocenters. The molecule has 4 N–H and O–H groups in total. The SMILES string of the molecule is Cc1ccc2c(S(=O)(=O)O)c(N=Nc3c(C)cc4c(S(=O)(=O)O)ccc(NC(=O)c5ccccc5)c4c3O)ccc2c1. The number of nitrogens with zero attached hydrogens (tertiary/aromatic N) is 2. The number of hydrogen-bond donors (Lipinski definition) is 4. The Labute approximate surface area is 240 Å². The summed E-state index contributed by atoms with van der Waals surface area (Å²) in [6, 6.07) is 19.7. The number of carbonyl (C=O) groups excluding carboxylic acids is 1. The highest BCUT2D eigenvalue weighted by atomic mass is 32.2. The number of hydrogen-bond acceptors (Lipinski definition) is 8. The molecular formula is C29H23N3O8S2. The molecule has 42 heavy (non-hydrogen) atoms. The number of aryl methyl sites for hydroxylation is 2. The number of aromatic hydroxyl groups is 1. The topological polar surface area (TPSA) is 183 Å². The monoisotopic (exact) mass is 605 g/mol. The lowest BCUT2D eigenvalue weighted by Gasteiger charge is -2.15. The highest BCUT2D eigenvalue weighted by molar-refractivity contribution is 7.86. The van der Waals surface area contributed by atoms with Crippen molar-refractivity contribution in [2.75, 3.05) is 5.32 Å². The van der Waals surface area contributed by atoms with Gasteiger partial charge in [0, 0.05) is 16.3 Å². The van der Waals surface area contributed by atoms with Gasteiger partial charge in [-0.2, -0.15) is 16.8 Å². The van der Waals surface area contributed by atoms with Gasteiger partial charge in [-0.3, -0.25) is 13.9 Å². The van der Waals surface area contributed by atoms with Crippen LogP contribution in [0.25, 0.3) is 21.5 Å². The number of rotatable bonds is 6. The molecule has 0 spiro atoms. The van der Waals surface area contributed by atoms with Crippen molar-refractivity contribution in [2.45, 2.75) is 23.6 Å². The Kier molecular flexibility index (Phi) is 7.28. The normalized spacial score (nSPS) is 12.3. The maximum atomic E-state index is 12.9. The smallest absolute Gasteiger partial charge is 0.297 e. The van der Waals surface area contributed by atoms with Gasteiger partial charge in [0.1, 0.15) is 21.2 Å². The molecule has 0 heterocycles. The molecule has 1 amide bonds. The van der Waals surface area contributed by atoms with Crippen LogP contribution in [-0.2, 0) is 20.2 Å². The van der Waals surface area contributed by atoms with E-state index in [0.29, 0.717) is 10.9 Å². The Balaban J connectivity index is 1.71. The summed E-state index contributed by atoms with van der Waals surface area (Å²) in [5, 5.41) is 22.6. The van der Waals surface area contributed by atoms with E-state index < -0.39 is 41.7 Å². The van der Waals surface area contributed by atoms with E-state index in [2.05, 4.69) is 15.5 Å². The quantitative estimate of drug-likeness (QED) is 0.125. The van der Waals surface area contributed by atoms with Gasteiger partial charge in [0.15, 0.2) is 5.75 Å². The minimum absolute atomic E-state index is 0.0138. The minimum atomic E-state index is -4.76. The molecule has 0 saturated carbocycles. The highest BCUT2D eigenvalue weighted by Gasteiger charge is 2.24. The van der Waals surface area contributed by atoms with E-state index >= 15 is 0 Å². The van der Waals surface area contributed by atoms with Crippen molar-refractivity contribution in [3.63, 3.8) is 0 Å². The minimum Gasteiger partial charge on any atom is -0.505 e. The van der Waals surface area contributed by atoms with Crippen molar-refractivity contribution in [2.24, 2.45) is 10.2 Å². The fourth-order valence-electron chi connectivity index (χ4n) is 4.69. The Morgan fingerprint density at radius 2 is 1.50 bits per heavy atom. The summed E-state index contributed by atoms with van der Waals surface area (Å²) in [6.07, 6.45) is 0. The lowest BCUT2D eigenvalue weighted by atomic mass is 10.0. The molecule has 0 aliphatic heterocycles. The van der Waals surface area contributed by atoms with Gasteiger partial charge in [-0.05, 0) is 61.2 Å². The molecule has 0 aliphatic carbocycles. The summed E-state index contributed by atoms with van der Waals surface area (Å²) in [4.78, 5) is 11.9. The fraction of sp³-hybridized carbons (Fsp3) is 0.0690. The second kappa shape index (κ2) is 10.6. The van der Waals surface area contributed by atoms with E-state index in [9.17, 15) is 35.8 Å². The van der Waals surface area contributed by atoms with Crippen LogP contribution >= 0.6 is 0 Å². The zero-order valence-electron chi connectivity index (χ0n) is 22.1. The Hall–Kier alpha value is -4.69. The molecule has 5 rings (SSSR count). The molecule has 0 radical (unpaired) electrons. The molecular weight excluding hydrogens is 582 g/mol. The lowest BCUT2D eigenvalue weighted by Crippen LogP contribution is -2.12. The zero-order valence-corrected chi connectivity index (χ0v) is 23.7. The second-order valence-corrected chi connectivity index (χ2v) is 12.3. The van der Waals surface area contributed by atoms with Crippen molar-refractivity contribution >= 4 is 64.8 Å². The Morgan fingerprint density at radius 3 is 2.17 bits per heavy atom. The van der Waals surface area contributed by atoms with E-state index in [4.69, 9.17) is 0 Å². The van der Waals surface area contributed by atoms with Crippen LogP contribution in [0, 0.1) is 13.8 Å². The number of phenols is 1. The first-order valence-corrected chi connectivity index (χ1v) is 15.2. The Bertz CT molecular complexity index is 2160. The molecule has 5 aromatic carbocycles. The van der Waals surface area contributed by atoms with E-state index in [-0.39, 0.29) is 38.8 Å². The largest absolute Gasteiger partial charge is 0.505 e.